The molecule has 2 aromatic rings. The summed E-state index contributed by atoms with van der Waals surface area (Å²) in [7, 11) is 1.48. The lowest BCUT2D eigenvalue weighted by Crippen LogP contribution is -2.22. The molecular weight excluding hydrogens is 470 g/mol. The van der Waals surface area contributed by atoms with E-state index in [1.54, 1.807) is 6.08 Å². The van der Waals surface area contributed by atoms with E-state index in [1.807, 2.05) is 42.5 Å². The molecule has 0 bridgehead atoms. The van der Waals surface area contributed by atoms with Gasteiger partial charge in [-0.1, -0.05) is 50.1 Å². The molecule has 4 nitrogen and oxygen atoms in total. The maximum absolute atomic E-state index is 11.9. The van der Waals surface area contributed by atoms with Crippen LogP contribution >= 0.6 is 43.6 Å². The van der Waals surface area contributed by atoms with E-state index in [0.29, 0.717) is 11.5 Å². The fourth-order valence-electron chi connectivity index (χ4n) is 2.16. The minimum atomic E-state index is -0.268. The largest absolute Gasteiger partial charge is 0.489 e. The van der Waals surface area contributed by atoms with Crippen molar-refractivity contribution in [1.82, 2.24) is 4.90 Å². The van der Waals surface area contributed by atoms with Crippen LogP contribution in [-0.4, -0.2) is 23.1 Å². The van der Waals surface area contributed by atoms with Crippen molar-refractivity contribution >= 4 is 60.8 Å². The van der Waals surface area contributed by atoms with Gasteiger partial charge in [0.2, 0.25) is 0 Å². The Hall–Kier alpha value is -1.57. The smallest absolute Gasteiger partial charge is 0.293 e. The van der Waals surface area contributed by atoms with Crippen molar-refractivity contribution in [1.29, 1.82) is 0 Å². The lowest BCUT2D eigenvalue weighted by molar-refractivity contribution is -0.121. The summed E-state index contributed by atoms with van der Waals surface area (Å²) in [5.74, 6) is 0.464. The molecule has 7 heteroatoms. The summed E-state index contributed by atoms with van der Waals surface area (Å²) in [6.07, 6.45) is 1.71. The van der Waals surface area contributed by atoms with Crippen LogP contribution in [-0.2, 0) is 11.4 Å². The standard InChI is InChI=1S/C18H13Br2NO3S/c1-21-17(22)16(25-18(21)23)8-11-2-6-14(7-3-11)24-10-12-4-5-13(19)9-15(12)20/h2-9H,10H2,1H3/b16-8+. The molecule has 0 unspecified atom stereocenters. The van der Waals surface area contributed by atoms with Crippen molar-refractivity contribution < 1.29 is 14.3 Å². The maximum Gasteiger partial charge on any atom is 0.293 e. The number of ether oxygens (including phenoxy) is 1. The van der Waals surface area contributed by atoms with Gasteiger partial charge < -0.3 is 4.74 Å². The Morgan fingerprint density at radius 2 is 1.84 bits per heavy atom. The maximum atomic E-state index is 11.9. The number of nitrogens with zero attached hydrogens (tertiary/aromatic N) is 1. The predicted octanol–water partition coefficient (Wildman–Crippen LogP) is 5.46. The molecule has 0 radical (unpaired) electrons. The molecule has 0 saturated carbocycles. The van der Waals surface area contributed by atoms with Gasteiger partial charge >= 0.3 is 0 Å². The quantitative estimate of drug-likeness (QED) is 0.543. The van der Waals surface area contributed by atoms with Crippen LogP contribution in [0.1, 0.15) is 11.1 Å². The third-order valence-corrected chi connectivity index (χ3v) is 5.77. The SMILES string of the molecule is CN1C(=O)S/C(=C/c2ccc(OCc3ccc(Br)cc3Br)cc2)C1=O. The zero-order valence-electron chi connectivity index (χ0n) is 13.2. The molecule has 2 amide bonds. The van der Waals surface area contributed by atoms with E-state index in [1.165, 1.54) is 7.05 Å². The van der Waals surface area contributed by atoms with E-state index < -0.39 is 0 Å². The second-order valence-corrected chi connectivity index (χ2v) is 8.10. The molecule has 1 fully saturated rings. The number of amides is 2. The van der Waals surface area contributed by atoms with Crippen molar-refractivity contribution in [2.45, 2.75) is 6.61 Å². The molecule has 1 heterocycles. The molecule has 0 spiro atoms. The van der Waals surface area contributed by atoms with Gasteiger partial charge in [0, 0.05) is 21.6 Å². The Labute approximate surface area is 166 Å². The van der Waals surface area contributed by atoms with Gasteiger partial charge in [0.1, 0.15) is 12.4 Å². The van der Waals surface area contributed by atoms with Gasteiger partial charge in [-0.2, -0.15) is 0 Å². The predicted molar refractivity (Wildman–Crippen MR) is 106 cm³/mol. The third kappa shape index (κ3) is 4.34. The number of rotatable bonds is 4. The Morgan fingerprint density at radius 1 is 1.12 bits per heavy atom. The van der Waals surface area contributed by atoms with Gasteiger partial charge in [-0.3, -0.25) is 14.5 Å². The fraction of sp³-hybridized carbons (Fsp3) is 0.111. The normalized spacial score (nSPS) is 16.0. The highest BCUT2D eigenvalue weighted by atomic mass is 79.9. The number of thioether (sulfide) groups is 1. The molecule has 0 N–H and O–H groups in total. The Morgan fingerprint density at radius 3 is 2.44 bits per heavy atom. The van der Waals surface area contributed by atoms with Crippen LogP contribution in [0.4, 0.5) is 4.79 Å². The average Bonchev–Trinajstić information content (AvgIpc) is 2.82. The fourth-order valence-corrected chi connectivity index (χ4v) is 4.15. The molecule has 128 valence electrons. The molecule has 0 atom stereocenters. The number of carbonyl (C=O) groups excluding carboxylic acids is 2. The first kappa shape index (κ1) is 18.2. The topological polar surface area (TPSA) is 46.6 Å². The zero-order chi connectivity index (χ0) is 18.0. The van der Waals surface area contributed by atoms with E-state index >= 15 is 0 Å². The number of benzene rings is 2. The second-order valence-electron chi connectivity index (χ2n) is 5.33. The van der Waals surface area contributed by atoms with Crippen molar-refractivity contribution in [3.63, 3.8) is 0 Å². The van der Waals surface area contributed by atoms with Crippen molar-refractivity contribution in [2.75, 3.05) is 7.05 Å². The molecule has 2 aromatic carbocycles. The molecule has 1 saturated heterocycles. The summed E-state index contributed by atoms with van der Waals surface area (Å²) >= 11 is 7.88. The molecule has 3 rings (SSSR count). The van der Waals surface area contributed by atoms with Crippen LogP contribution in [0.5, 0.6) is 5.75 Å². The molecular formula is C18H13Br2NO3S. The van der Waals surface area contributed by atoms with Crippen LogP contribution in [0.15, 0.2) is 56.3 Å². The Bertz CT molecular complexity index is 865. The number of imide groups is 1. The van der Waals surface area contributed by atoms with Gasteiger partial charge in [-0.25, -0.2) is 0 Å². The zero-order valence-corrected chi connectivity index (χ0v) is 17.2. The summed E-state index contributed by atoms with van der Waals surface area (Å²) in [6.45, 7) is 0.446. The molecule has 0 aromatic heterocycles. The summed E-state index contributed by atoms with van der Waals surface area (Å²) in [5, 5.41) is -0.253. The van der Waals surface area contributed by atoms with Crippen LogP contribution in [0.25, 0.3) is 6.08 Å². The highest BCUT2D eigenvalue weighted by molar-refractivity contribution is 9.11. The van der Waals surface area contributed by atoms with Crippen molar-refractivity contribution in [3.05, 3.63) is 67.4 Å². The van der Waals surface area contributed by atoms with Crippen molar-refractivity contribution in [2.24, 2.45) is 0 Å². The van der Waals surface area contributed by atoms with Gasteiger partial charge in [0.15, 0.2) is 0 Å². The summed E-state index contributed by atoms with van der Waals surface area (Å²) < 4.78 is 7.78. The number of carbonyl (C=O) groups is 2. The third-order valence-electron chi connectivity index (χ3n) is 3.57. The van der Waals surface area contributed by atoms with Crippen LogP contribution < -0.4 is 4.74 Å². The highest BCUT2D eigenvalue weighted by Crippen LogP contribution is 2.31. The average molecular weight is 483 g/mol. The number of halogens is 2. The van der Waals surface area contributed by atoms with Crippen LogP contribution in [0.3, 0.4) is 0 Å². The van der Waals surface area contributed by atoms with Gasteiger partial charge in [0.25, 0.3) is 11.1 Å². The molecule has 25 heavy (non-hydrogen) atoms. The number of hydrogen-bond donors (Lipinski definition) is 0. The van der Waals surface area contributed by atoms with E-state index in [2.05, 4.69) is 31.9 Å². The number of hydrogen-bond acceptors (Lipinski definition) is 4. The first-order chi connectivity index (χ1) is 11.9. The summed E-state index contributed by atoms with van der Waals surface area (Å²) in [6, 6.07) is 13.3. The summed E-state index contributed by atoms with van der Waals surface area (Å²) in [4.78, 5) is 24.9. The Kier molecular flexibility index (Phi) is 5.66. The first-order valence-corrected chi connectivity index (χ1v) is 9.72. The van der Waals surface area contributed by atoms with Gasteiger partial charge in [0.05, 0.1) is 4.91 Å². The van der Waals surface area contributed by atoms with E-state index in [-0.39, 0.29) is 11.1 Å². The molecule has 1 aliphatic heterocycles. The van der Waals surface area contributed by atoms with E-state index in [9.17, 15) is 9.59 Å². The number of likely N-dealkylation sites (N-methyl/N-ethyl adjacent to an activating group) is 1. The van der Waals surface area contributed by atoms with Crippen molar-refractivity contribution in [3.8, 4) is 5.75 Å². The molecule has 0 aliphatic carbocycles. The van der Waals surface area contributed by atoms with E-state index in [0.717, 1.165) is 42.5 Å². The molecule has 1 aliphatic rings. The van der Waals surface area contributed by atoms with E-state index in [4.69, 9.17) is 4.74 Å². The van der Waals surface area contributed by atoms with Crippen LogP contribution in [0.2, 0.25) is 0 Å². The van der Waals surface area contributed by atoms with Crippen LogP contribution in [0, 0.1) is 0 Å². The summed E-state index contributed by atoms with van der Waals surface area (Å²) in [5.41, 5.74) is 1.89. The van der Waals surface area contributed by atoms with Gasteiger partial charge in [-0.15, -0.1) is 0 Å². The minimum Gasteiger partial charge on any atom is -0.489 e. The lowest BCUT2D eigenvalue weighted by Gasteiger charge is -2.08. The highest BCUT2D eigenvalue weighted by Gasteiger charge is 2.31. The Balaban J connectivity index is 1.66. The second kappa shape index (κ2) is 7.76. The first-order valence-electron chi connectivity index (χ1n) is 7.32. The van der Waals surface area contributed by atoms with Gasteiger partial charge in [-0.05, 0) is 47.7 Å². The monoisotopic (exact) mass is 481 g/mol. The lowest BCUT2D eigenvalue weighted by atomic mass is 10.2. The minimum absolute atomic E-state index is 0.253.